The van der Waals surface area contributed by atoms with Crippen LogP contribution < -0.4 is 5.32 Å². The molecule has 0 aliphatic rings. The average molecular weight is 316 g/mol. The van der Waals surface area contributed by atoms with Gasteiger partial charge in [0.1, 0.15) is 0 Å². The number of carbonyl (C=O) groups excluding carboxylic acids is 1. The van der Waals surface area contributed by atoms with Crippen molar-refractivity contribution >= 4 is 29.2 Å². The molecule has 0 radical (unpaired) electrons. The molecule has 1 aromatic carbocycles. The highest BCUT2D eigenvalue weighted by Gasteiger charge is 2.07. The molecule has 0 atom stereocenters. The van der Waals surface area contributed by atoms with Crippen molar-refractivity contribution in [2.45, 2.75) is 6.42 Å². The summed E-state index contributed by atoms with van der Waals surface area (Å²) in [5.41, 5.74) is 3.11. The van der Waals surface area contributed by atoms with Gasteiger partial charge in [0.15, 0.2) is 0 Å². The highest BCUT2D eigenvalue weighted by molar-refractivity contribution is 5.94. The Morgan fingerprint density at radius 1 is 1.18 bits per heavy atom. The number of halogens is 1. The number of hydrogen-bond donors (Lipinski definition) is 1. The van der Waals surface area contributed by atoms with Crippen molar-refractivity contribution in [1.82, 2.24) is 14.9 Å². The summed E-state index contributed by atoms with van der Waals surface area (Å²) < 4.78 is 2.12. The van der Waals surface area contributed by atoms with Crippen molar-refractivity contribution in [3.63, 3.8) is 0 Å². The second kappa shape index (κ2) is 7.09. The number of aryl methyl sites for hydroxylation is 1. The number of rotatable bonds is 4. The largest absolute Gasteiger partial charge is 0.352 e. The van der Waals surface area contributed by atoms with Gasteiger partial charge in [-0.1, -0.05) is 18.2 Å². The molecule has 0 saturated heterocycles. The Hall–Kier alpha value is -2.33. The lowest BCUT2D eigenvalue weighted by Gasteiger charge is -2.04. The van der Waals surface area contributed by atoms with Crippen LogP contribution >= 0.6 is 12.4 Å². The van der Waals surface area contributed by atoms with Gasteiger partial charge in [0.05, 0.1) is 0 Å². The Bertz CT molecular complexity index is 768. The quantitative estimate of drug-likeness (QED) is 0.804. The van der Waals surface area contributed by atoms with E-state index in [1.807, 2.05) is 19.2 Å². The van der Waals surface area contributed by atoms with E-state index in [2.05, 4.69) is 33.2 Å². The molecule has 0 fully saturated rings. The van der Waals surface area contributed by atoms with Crippen LogP contribution in [-0.4, -0.2) is 22.0 Å². The first kappa shape index (κ1) is 16.0. The van der Waals surface area contributed by atoms with Crippen LogP contribution in [0.3, 0.4) is 0 Å². The summed E-state index contributed by atoms with van der Waals surface area (Å²) in [6, 6.07) is 11.7. The number of benzene rings is 1. The van der Waals surface area contributed by atoms with Gasteiger partial charge >= 0.3 is 0 Å². The van der Waals surface area contributed by atoms with Crippen LogP contribution in [0, 0.1) is 0 Å². The predicted molar refractivity (Wildman–Crippen MR) is 90.4 cm³/mol. The minimum Gasteiger partial charge on any atom is -0.352 e. The zero-order chi connectivity index (χ0) is 14.7. The molecule has 5 heteroatoms. The maximum atomic E-state index is 12.0. The Labute approximate surface area is 135 Å². The Kier molecular flexibility index (Phi) is 5.17. The van der Waals surface area contributed by atoms with Crippen LogP contribution in [0.2, 0.25) is 0 Å². The van der Waals surface area contributed by atoms with Crippen LogP contribution in [0.15, 0.2) is 55.0 Å². The predicted octanol–water partition coefficient (Wildman–Crippen LogP) is 2.97. The maximum Gasteiger partial charge on any atom is 0.251 e. The third-order valence-corrected chi connectivity index (χ3v) is 3.60. The number of nitrogens with zero attached hydrogens (tertiary/aromatic N) is 2. The van der Waals surface area contributed by atoms with E-state index in [1.54, 1.807) is 24.5 Å². The molecular formula is C17H18ClN3O. The zero-order valence-corrected chi connectivity index (χ0v) is 13.1. The summed E-state index contributed by atoms with van der Waals surface area (Å²) in [6.07, 6.45) is 6.20. The van der Waals surface area contributed by atoms with E-state index in [0.717, 1.165) is 6.42 Å². The van der Waals surface area contributed by atoms with E-state index in [9.17, 15) is 4.79 Å². The number of pyridine rings is 1. The summed E-state index contributed by atoms with van der Waals surface area (Å²) >= 11 is 0. The molecule has 0 aliphatic heterocycles. The fraction of sp³-hybridized carbons (Fsp3) is 0.176. The molecule has 1 N–H and O–H groups in total. The van der Waals surface area contributed by atoms with Gasteiger partial charge in [0.25, 0.3) is 5.91 Å². The minimum atomic E-state index is -0.0577. The molecule has 22 heavy (non-hydrogen) atoms. The second-order valence-electron chi connectivity index (χ2n) is 5.02. The number of hydrogen-bond acceptors (Lipinski definition) is 2. The standard InChI is InChI=1S/C17H17N3O.ClH/c1-20-12-14(15-4-2-3-5-16(15)20)8-11-19-17(21)13-6-9-18-10-7-13;/h2-7,9-10,12H,8,11H2,1H3,(H,19,21);1H. The van der Waals surface area contributed by atoms with Gasteiger partial charge in [0.2, 0.25) is 0 Å². The van der Waals surface area contributed by atoms with Gasteiger partial charge in [-0.15, -0.1) is 12.4 Å². The zero-order valence-electron chi connectivity index (χ0n) is 12.3. The second-order valence-corrected chi connectivity index (χ2v) is 5.02. The van der Waals surface area contributed by atoms with E-state index in [4.69, 9.17) is 0 Å². The first-order valence-electron chi connectivity index (χ1n) is 6.97. The van der Waals surface area contributed by atoms with Gasteiger partial charge in [0, 0.05) is 48.6 Å². The summed E-state index contributed by atoms with van der Waals surface area (Å²) in [5.74, 6) is -0.0577. The molecule has 4 nitrogen and oxygen atoms in total. The lowest BCUT2D eigenvalue weighted by Crippen LogP contribution is -2.25. The van der Waals surface area contributed by atoms with E-state index >= 15 is 0 Å². The SMILES string of the molecule is Cl.Cn1cc(CCNC(=O)c2ccncc2)c2ccccc21. The molecule has 3 aromatic rings. The maximum absolute atomic E-state index is 12.0. The summed E-state index contributed by atoms with van der Waals surface area (Å²) in [6.45, 7) is 0.620. The molecule has 0 unspecified atom stereocenters. The van der Waals surface area contributed by atoms with Crippen LogP contribution in [0.25, 0.3) is 10.9 Å². The smallest absolute Gasteiger partial charge is 0.251 e. The molecule has 0 bridgehead atoms. The molecule has 2 aromatic heterocycles. The first-order valence-corrected chi connectivity index (χ1v) is 6.97. The Balaban J connectivity index is 0.00000176. The number of para-hydroxylation sites is 1. The van der Waals surface area contributed by atoms with E-state index in [1.165, 1.54) is 16.5 Å². The van der Waals surface area contributed by atoms with E-state index < -0.39 is 0 Å². The molecule has 0 spiro atoms. The summed E-state index contributed by atoms with van der Waals surface area (Å²) in [5, 5.41) is 4.19. The molecule has 2 heterocycles. The van der Waals surface area contributed by atoms with E-state index in [0.29, 0.717) is 12.1 Å². The van der Waals surface area contributed by atoms with Crippen molar-refractivity contribution in [3.05, 3.63) is 66.1 Å². The number of fused-ring (bicyclic) bond motifs is 1. The van der Waals surface area contributed by atoms with Crippen LogP contribution in [0.1, 0.15) is 15.9 Å². The molecule has 1 amide bonds. The van der Waals surface area contributed by atoms with Gasteiger partial charge in [-0.25, -0.2) is 0 Å². The normalized spacial score (nSPS) is 10.2. The van der Waals surface area contributed by atoms with Crippen molar-refractivity contribution in [1.29, 1.82) is 0 Å². The van der Waals surface area contributed by atoms with Gasteiger partial charge in [-0.05, 0) is 30.2 Å². The van der Waals surface area contributed by atoms with Crippen molar-refractivity contribution in [3.8, 4) is 0 Å². The number of amides is 1. The van der Waals surface area contributed by atoms with Crippen LogP contribution in [0.5, 0.6) is 0 Å². The third kappa shape index (κ3) is 3.28. The minimum absolute atomic E-state index is 0. The molecule has 3 rings (SSSR count). The van der Waals surface area contributed by atoms with Crippen molar-refractivity contribution in [2.24, 2.45) is 7.05 Å². The number of aromatic nitrogens is 2. The van der Waals surface area contributed by atoms with Crippen molar-refractivity contribution in [2.75, 3.05) is 6.54 Å². The number of carbonyl (C=O) groups is 1. The van der Waals surface area contributed by atoms with Gasteiger partial charge in [-0.2, -0.15) is 0 Å². The lowest BCUT2D eigenvalue weighted by molar-refractivity contribution is 0.0954. The topological polar surface area (TPSA) is 46.9 Å². The van der Waals surface area contributed by atoms with Crippen LogP contribution in [-0.2, 0) is 13.5 Å². The first-order chi connectivity index (χ1) is 10.3. The molecule has 0 aliphatic carbocycles. The molecule has 114 valence electrons. The fourth-order valence-electron chi connectivity index (χ4n) is 2.54. The average Bonchev–Trinajstić information content (AvgIpc) is 2.85. The third-order valence-electron chi connectivity index (χ3n) is 3.60. The fourth-order valence-corrected chi connectivity index (χ4v) is 2.54. The Morgan fingerprint density at radius 3 is 2.68 bits per heavy atom. The molecule has 0 saturated carbocycles. The summed E-state index contributed by atoms with van der Waals surface area (Å²) in [7, 11) is 2.04. The van der Waals surface area contributed by atoms with Crippen molar-refractivity contribution < 1.29 is 4.79 Å². The van der Waals surface area contributed by atoms with E-state index in [-0.39, 0.29) is 18.3 Å². The number of nitrogens with one attached hydrogen (secondary N) is 1. The van der Waals surface area contributed by atoms with Gasteiger partial charge in [-0.3, -0.25) is 9.78 Å². The van der Waals surface area contributed by atoms with Crippen LogP contribution in [0.4, 0.5) is 0 Å². The molecular weight excluding hydrogens is 298 g/mol. The Morgan fingerprint density at radius 2 is 1.91 bits per heavy atom. The highest BCUT2D eigenvalue weighted by Crippen LogP contribution is 2.20. The monoisotopic (exact) mass is 315 g/mol. The lowest BCUT2D eigenvalue weighted by atomic mass is 10.1. The highest BCUT2D eigenvalue weighted by atomic mass is 35.5. The summed E-state index contributed by atoms with van der Waals surface area (Å²) in [4.78, 5) is 15.9. The van der Waals surface area contributed by atoms with Gasteiger partial charge < -0.3 is 9.88 Å².